The van der Waals surface area contributed by atoms with Gasteiger partial charge in [-0.15, -0.1) is 0 Å². The normalized spacial score (nSPS) is 11.4. The maximum absolute atomic E-state index is 11.5. The van der Waals surface area contributed by atoms with Crippen molar-refractivity contribution in [2.45, 2.75) is 13.3 Å². The number of fused-ring (bicyclic) bond motifs is 1. The minimum Gasteiger partial charge on any atom is -0.489 e. The number of carbonyl (C=O) groups is 1. The van der Waals surface area contributed by atoms with Crippen LogP contribution >= 0.6 is 0 Å². The second-order valence-corrected chi connectivity index (χ2v) is 4.36. The summed E-state index contributed by atoms with van der Waals surface area (Å²) in [5, 5.41) is 2.21. The Bertz CT molecular complexity index is 624. The standard InChI is InChI=1S/C17H18O3/c1-3-13(17(18)19-2)11-12-20-16-10-6-8-14-7-4-5-9-15(14)16/h4-11H,3,12H2,1-2H3. The van der Waals surface area contributed by atoms with Crippen LogP contribution in [0.15, 0.2) is 54.1 Å². The molecule has 0 bridgehead atoms. The van der Waals surface area contributed by atoms with Crippen molar-refractivity contribution in [2.75, 3.05) is 13.7 Å². The molecule has 0 aliphatic heterocycles. The molecule has 0 aromatic heterocycles. The van der Waals surface area contributed by atoms with Crippen LogP contribution in [0.3, 0.4) is 0 Å². The van der Waals surface area contributed by atoms with E-state index in [-0.39, 0.29) is 5.97 Å². The number of hydrogen-bond donors (Lipinski definition) is 0. The lowest BCUT2D eigenvalue weighted by molar-refractivity contribution is -0.136. The highest BCUT2D eigenvalue weighted by Gasteiger charge is 2.06. The van der Waals surface area contributed by atoms with Gasteiger partial charge in [-0.1, -0.05) is 43.3 Å². The van der Waals surface area contributed by atoms with Crippen molar-refractivity contribution >= 4 is 16.7 Å². The quantitative estimate of drug-likeness (QED) is 0.613. The first kappa shape index (κ1) is 14.1. The molecule has 3 nitrogen and oxygen atoms in total. The smallest absolute Gasteiger partial charge is 0.333 e. The highest BCUT2D eigenvalue weighted by atomic mass is 16.5. The highest BCUT2D eigenvalue weighted by molar-refractivity contribution is 5.89. The van der Waals surface area contributed by atoms with Gasteiger partial charge < -0.3 is 9.47 Å². The van der Waals surface area contributed by atoms with E-state index in [2.05, 4.69) is 0 Å². The summed E-state index contributed by atoms with van der Waals surface area (Å²) in [6, 6.07) is 14.0. The largest absolute Gasteiger partial charge is 0.489 e. The first-order valence-corrected chi connectivity index (χ1v) is 6.64. The molecule has 0 heterocycles. The van der Waals surface area contributed by atoms with Crippen LogP contribution in [0.2, 0.25) is 0 Å². The summed E-state index contributed by atoms with van der Waals surface area (Å²) in [6.07, 6.45) is 2.40. The molecule has 2 aromatic rings. The van der Waals surface area contributed by atoms with E-state index in [9.17, 15) is 4.79 Å². The Balaban J connectivity index is 2.13. The fourth-order valence-corrected chi connectivity index (χ4v) is 2.06. The van der Waals surface area contributed by atoms with E-state index in [1.807, 2.05) is 49.4 Å². The highest BCUT2D eigenvalue weighted by Crippen LogP contribution is 2.25. The summed E-state index contributed by atoms with van der Waals surface area (Å²) in [4.78, 5) is 11.5. The number of esters is 1. The molecule has 0 saturated carbocycles. The van der Waals surface area contributed by atoms with E-state index < -0.39 is 0 Å². The lowest BCUT2D eigenvalue weighted by Crippen LogP contribution is -2.06. The summed E-state index contributed by atoms with van der Waals surface area (Å²) >= 11 is 0. The average Bonchev–Trinajstić information content (AvgIpc) is 2.51. The Hall–Kier alpha value is -2.29. The van der Waals surface area contributed by atoms with Crippen molar-refractivity contribution in [3.63, 3.8) is 0 Å². The van der Waals surface area contributed by atoms with Crippen LogP contribution in [0.4, 0.5) is 0 Å². The molecule has 0 unspecified atom stereocenters. The van der Waals surface area contributed by atoms with Gasteiger partial charge in [0.15, 0.2) is 0 Å². The molecular formula is C17H18O3. The molecule has 0 N–H and O–H groups in total. The van der Waals surface area contributed by atoms with Gasteiger partial charge in [0.25, 0.3) is 0 Å². The second-order valence-electron chi connectivity index (χ2n) is 4.36. The van der Waals surface area contributed by atoms with Gasteiger partial charge in [0.2, 0.25) is 0 Å². The van der Waals surface area contributed by atoms with Crippen molar-refractivity contribution in [1.82, 2.24) is 0 Å². The fraction of sp³-hybridized carbons (Fsp3) is 0.235. The van der Waals surface area contributed by atoms with E-state index in [4.69, 9.17) is 9.47 Å². The van der Waals surface area contributed by atoms with Crippen LogP contribution in [0.1, 0.15) is 13.3 Å². The molecule has 3 heteroatoms. The molecule has 0 aliphatic rings. The third-order valence-electron chi connectivity index (χ3n) is 3.15. The number of methoxy groups -OCH3 is 1. The molecule has 0 fully saturated rings. The average molecular weight is 270 g/mol. The molecular weight excluding hydrogens is 252 g/mol. The zero-order valence-corrected chi connectivity index (χ0v) is 11.8. The molecule has 0 aliphatic carbocycles. The molecule has 0 atom stereocenters. The number of rotatable bonds is 5. The predicted molar refractivity (Wildman–Crippen MR) is 79.8 cm³/mol. The van der Waals surface area contributed by atoms with Gasteiger partial charge >= 0.3 is 5.97 Å². The van der Waals surface area contributed by atoms with Crippen molar-refractivity contribution in [3.8, 4) is 5.75 Å². The third kappa shape index (κ3) is 3.18. The zero-order valence-electron chi connectivity index (χ0n) is 11.8. The van der Waals surface area contributed by atoms with Crippen molar-refractivity contribution < 1.29 is 14.3 Å². The van der Waals surface area contributed by atoms with Crippen molar-refractivity contribution in [3.05, 3.63) is 54.1 Å². The van der Waals surface area contributed by atoms with E-state index in [0.717, 1.165) is 16.5 Å². The Kier molecular flexibility index (Phi) is 4.77. The van der Waals surface area contributed by atoms with E-state index >= 15 is 0 Å². The van der Waals surface area contributed by atoms with Gasteiger partial charge in [0, 0.05) is 11.0 Å². The Morgan fingerprint density at radius 3 is 2.65 bits per heavy atom. The van der Waals surface area contributed by atoms with Crippen LogP contribution in [0.5, 0.6) is 5.75 Å². The van der Waals surface area contributed by atoms with Crippen molar-refractivity contribution in [2.24, 2.45) is 0 Å². The van der Waals surface area contributed by atoms with Gasteiger partial charge in [-0.2, -0.15) is 0 Å². The Morgan fingerprint density at radius 1 is 1.15 bits per heavy atom. The molecule has 104 valence electrons. The molecule has 0 spiro atoms. The van der Waals surface area contributed by atoms with Crippen molar-refractivity contribution in [1.29, 1.82) is 0 Å². The van der Waals surface area contributed by atoms with Gasteiger partial charge in [0.05, 0.1) is 7.11 Å². The summed E-state index contributed by atoms with van der Waals surface area (Å²) in [5.74, 6) is 0.522. The first-order valence-electron chi connectivity index (χ1n) is 6.64. The fourth-order valence-electron chi connectivity index (χ4n) is 2.06. The predicted octanol–water partition coefficient (Wildman–Crippen LogP) is 3.73. The lowest BCUT2D eigenvalue weighted by Gasteiger charge is -2.08. The molecule has 0 saturated heterocycles. The third-order valence-corrected chi connectivity index (χ3v) is 3.15. The van der Waals surface area contributed by atoms with Gasteiger partial charge in [-0.25, -0.2) is 4.79 Å². The number of benzene rings is 2. The Morgan fingerprint density at radius 2 is 1.90 bits per heavy atom. The van der Waals surface area contributed by atoms with E-state index in [0.29, 0.717) is 18.6 Å². The summed E-state index contributed by atoms with van der Waals surface area (Å²) in [5.41, 5.74) is 0.632. The Labute approximate surface area is 118 Å². The minimum absolute atomic E-state index is 0.297. The maximum Gasteiger partial charge on any atom is 0.333 e. The van der Waals surface area contributed by atoms with E-state index in [1.54, 1.807) is 6.08 Å². The second kappa shape index (κ2) is 6.75. The van der Waals surface area contributed by atoms with Gasteiger partial charge in [-0.05, 0) is 23.9 Å². The minimum atomic E-state index is -0.297. The zero-order chi connectivity index (χ0) is 14.4. The number of carbonyl (C=O) groups excluding carboxylic acids is 1. The maximum atomic E-state index is 11.5. The molecule has 20 heavy (non-hydrogen) atoms. The molecule has 2 rings (SSSR count). The monoisotopic (exact) mass is 270 g/mol. The lowest BCUT2D eigenvalue weighted by atomic mass is 10.1. The number of hydrogen-bond acceptors (Lipinski definition) is 3. The van der Waals surface area contributed by atoms with Crippen LogP contribution in [-0.4, -0.2) is 19.7 Å². The topological polar surface area (TPSA) is 35.5 Å². The first-order chi connectivity index (χ1) is 9.76. The molecule has 0 radical (unpaired) electrons. The van der Waals surface area contributed by atoms with Crippen LogP contribution in [0, 0.1) is 0 Å². The molecule has 2 aromatic carbocycles. The van der Waals surface area contributed by atoms with E-state index in [1.165, 1.54) is 7.11 Å². The van der Waals surface area contributed by atoms with Crippen LogP contribution in [-0.2, 0) is 9.53 Å². The summed E-state index contributed by atoms with van der Waals surface area (Å²) in [6.45, 7) is 2.27. The molecule has 0 amide bonds. The van der Waals surface area contributed by atoms with Gasteiger partial charge in [0.1, 0.15) is 12.4 Å². The SMILES string of the molecule is CCC(=CCOc1cccc2ccccc12)C(=O)OC. The van der Waals surface area contributed by atoms with Crippen LogP contribution < -0.4 is 4.74 Å². The number of ether oxygens (including phenoxy) is 2. The summed E-state index contributed by atoms with van der Waals surface area (Å²) in [7, 11) is 1.39. The summed E-state index contributed by atoms with van der Waals surface area (Å²) < 4.78 is 10.5. The van der Waals surface area contributed by atoms with Gasteiger partial charge in [-0.3, -0.25) is 0 Å². The van der Waals surface area contributed by atoms with Crippen LogP contribution in [0.25, 0.3) is 10.8 Å².